The number of carbonyl (C=O) groups excluding carboxylic acids is 2. The quantitative estimate of drug-likeness (QED) is 0.603. The Morgan fingerprint density at radius 2 is 2.12 bits per heavy atom. The summed E-state index contributed by atoms with van der Waals surface area (Å²) in [5.74, 6) is 0.631. The molecule has 0 unspecified atom stereocenters. The van der Waals surface area contributed by atoms with E-state index in [1.165, 1.54) is 0 Å². The molecule has 0 saturated heterocycles. The normalized spacial score (nSPS) is 12.5. The first-order valence-electron chi connectivity index (χ1n) is 8.46. The standard InChI is InChI=1S/C17H29N3O3S2/c1-17(2,3)23-16(22)20-13(8-11-24-4)15(21)19-9-6-5-7-14-18-10-12-25-14/h10,12-13H,5-9,11H2,1-4H3,(H,19,21)(H,20,22)/t13-/m0/s1. The molecule has 0 aromatic carbocycles. The fourth-order valence-corrected chi connectivity index (χ4v) is 3.20. The van der Waals surface area contributed by atoms with E-state index in [-0.39, 0.29) is 5.91 Å². The summed E-state index contributed by atoms with van der Waals surface area (Å²) in [7, 11) is 0. The van der Waals surface area contributed by atoms with Crippen LogP contribution in [0.4, 0.5) is 4.79 Å². The summed E-state index contributed by atoms with van der Waals surface area (Å²) in [5.41, 5.74) is -0.583. The third kappa shape index (κ3) is 10.3. The second-order valence-electron chi connectivity index (χ2n) is 6.65. The SMILES string of the molecule is CSCC[C@H](NC(=O)OC(C)(C)C)C(=O)NCCCCc1nccs1. The van der Waals surface area contributed by atoms with E-state index < -0.39 is 17.7 Å². The van der Waals surface area contributed by atoms with Crippen LogP contribution in [0.15, 0.2) is 11.6 Å². The summed E-state index contributed by atoms with van der Waals surface area (Å²) in [6.45, 7) is 5.99. The van der Waals surface area contributed by atoms with Crippen LogP contribution >= 0.6 is 23.1 Å². The number of carbonyl (C=O) groups is 2. The first-order valence-corrected chi connectivity index (χ1v) is 10.7. The molecule has 0 aliphatic rings. The van der Waals surface area contributed by atoms with Gasteiger partial charge in [-0.15, -0.1) is 11.3 Å². The van der Waals surface area contributed by atoms with Gasteiger partial charge in [0.25, 0.3) is 0 Å². The van der Waals surface area contributed by atoms with Gasteiger partial charge in [0, 0.05) is 18.1 Å². The first-order chi connectivity index (χ1) is 11.8. The molecule has 1 aromatic heterocycles. The first kappa shape index (κ1) is 21.8. The lowest BCUT2D eigenvalue weighted by Gasteiger charge is -2.23. The molecule has 2 amide bonds. The van der Waals surface area contributed by atoms with Gasteiger partial charge in [0.15, 0.2) is 0 Å². The number of aryl methyl sites for hydroxylation is 1. The van der Waals surface area contributed by atoms with E-state index in [0.717, 1.165) is 30.0 Å². The summed E-state index contributed by atoms with van der Waals surface area (Å²) in [4.78, 5) is 28.5. The fraction of sp³-hybridized carbons (Fsp3) is 0.706. The number of aromatic nitrogens is 1. The van der Waals surface area contributed by atoms with Crippen LogP contribution in [-0.2, 0) is 16.0 Å². The lowest BCUT2D eigenvalue weighted by Crippen LogP contribution is -2.48. The smallest absolute Gasteiger partial charge is 0.408 e. The lowest BCUT2D eigenvalue weighted by molar-refractivity contribution is -0.123. The number of ether oxygens (including phenoxy) is 1. The largest absolute Gasteiger partial charge is 0.444 e. The Morgan fingerprint density at radius 1 is 1.36 bits per heavy atom. The van der Waals surface area contributed by atoms with Gasteiger partial charge in [0.05, 0.1) is 5.01 Å². The number of rotatable bonds is 10. The van der Waals surface area contributed by atoms with Gasteiger partial charge in [-0.05, 0) is 58.5 Å². The number of unbranched alkanes of at least 4 members (excludes halogenated alkanes) is 1. The molecule has 1 heterocycles. The molecule has 142 valence electrons. The van der Waals surface area contributed by atoms with Gasteiger partial charge in [-0.25, -0.2) is 9.78 Å². The van der Waals surface area contributed by atoms with Crippen molar-refractivity contribution in [3.8, 4) is 0 Å². The van der Waals surface area contributed by atoms with E-state index >= 15 is 0 Å². The molecule has 8 heteroatoms. The Labute approximate surface area is 158 Å². The van der Waals surface area contributed by atoms with Crippen molar-refractivity contribution in [1.82, 2.24) is 15.6 Å². The van der Waals surface area contributed by atoms with Crippen molar-refractivity contribution >= 4 is 35.1 Å². The third-order valence-electron chi connectivity index (χ3n) is 3.22. The Morgan fingerprint density at radius 3 is 2.72 bits per heavy atom. The van der Waals surface area contributed by atoms with Crippen LogP contribution in [0.5, 0.6) is 0 Å². The highest BCUT2D eigenvalue weighted by Gasteiger charge is 2.23. The molecule has 0 fully saturated rings. The Balaban J connectivity index is 2.34. The van der Waals surface area contributed by atoms with Gasteiger partial charge in [0.2, 0.25) is 5.91 Å². The number of hydrogen-bond donors (Lipinski definition) is 2. The molecule has 1 aromatic rings. The predicted molar refractivity (Wildman–Crippen MR) is 104 cm³/mol. The zero-order chi connectivity index (χ0) is 18.7. The number of nitrogens with one attached hydrogen (secondary N) is 2. The number of thiazole rings is 1. The average molecular weight is 388 g/mol. The number of hydrogen-bond acceptors (Lipinski definition) is 6. The number of alkyl carbamates (subject to hydrolysis) is 1. The van der Waals surface area contributed by atoms with Crippen molar-refractivity contribution < 1.29 is 14.3 Å². The second kappa shape index (κ2) is 11.4. The Hall–Kier alpha value is -1.28. The highest BCUT2D eigenvalue weighted by Crippen LogP contribution is 2.09. The third-order valence-corrected chi connectivity index (χ3v) is 4.70. The highest BCUT2D eigenvalue weighted by molar-refractivity contribution is 7.98. The monoisotopic (exact) mass is 387 g/mol. The van der Waals surface area contributed by atoms with Crippen molar-refractivity contribution in [3.05, 3.63) is 16.6 Å². The molecular weight excluding hydrogens is 358 g/mol. The van der Waals surface area contributed by atoms with Gasteiger partial charge in [0.1, 0.15) is 11.6 Å². The fourth-order valence-electron chi connectivity index (χ4n) is 2.07. The van der Waals surface area contributed by atoms with Crippen LogP contribution in [0.1, 0.15) is 45.0 Å². The van der Waals surface area contributed by atoms with Crippen LogP contribution < -0.4 is 10.6 Å². The van der Waals surface area contributed by atoms with Crippen LogP contribution in [0.3, 0.4) is 0 Å². The Kier molecular flexibility index (Phi) is 9.89. The predicted octanol–water partition coefficient (Wildman–Crippen LogP) is 3.23. The summed E-state index contributed by atoms with van der Waals surface area (Å²) in [6.07, 6.45) is 6.58. The molecule has 2 N–H and O–H groups in total. The van der Waals surface area contributed by atoms with E-state index in [4.69, 9.17) is 4.74 Å². The lowest BCUT2D eigenvalue weighted by atomic mass is 10.2. The van der Waals surface area contributed by atoms with Crippen molar-refractivity contribution in [1.29, 1.82) is 0 Å². The molecular formula is C17H29N3O3S2. The van der Waals surface area contributed by atoms with Crippen LogP contribution in [0, 0.1) is 0 Å². The van der Waals surface area contributed by atoms with Crippen molar-refractivity contribution in [2.75, 3.05) is 18.6 Å². The maximum Gasteiger partial charge on any atom is 0.408 e. The maximum absolute atomic E-state index is 12.3. The van der Waals surface area contributed by atoms with Gasteiger partial charge < -0.3 is 15.4 Å². The van der Waals surface area contributed by atoms with E-state index in [1.807, 2.05) is 11.6 Å². The molecule has 25 heavy (non-hydrogen) atoms. The van der Waals surface area contributed by atoms with Crippen LogP contribution in [0.2, 0.25) is 0 Å². The molecule has 0 aliphatic heterocycles. The Bertz CT molecular complexity index is 516. The minimum atomic E-state index is -0.583. The second-order valence-corrected chi connectivity index (χ2v) is 8.62. The molecule has 0 saturated carbocycles. The molecule has 0 bridgehead atoms. The van der Waals surface area contributed by atoms with Crippen molar-refractivity contribution in [2.24, 2.45) is 0 Å². The summed E-state index contributed by atoms with van der Waals surface area (Å²) >= 11 is 3.29. The van der Waals surface area contributed by atoms with Crippen molar-refractivity contribution in [3.63, 3.8) is 0 Å². The summed E-state index contributed by atoms with van der Waals surface area (Å²) in [5, 5.41) is 8.67. The molecule has 0 aliphatic carbocycles. The molecule has 0 radical (unpaired) electrons. The topological polar surface area (TPSA) is 80.3 Å². The summed E-state index contributed by atoms with van der Waals surface area (Å²) in [6, 6.07) is -0.568. The van der Waals surface area contributed by atoms with Crippen LogP contribution in [-0.4, -0.2) is 47.2 Å². The van der Waals surface area contributed by atoms with Gasteiger partial charge in [-0.3, -0.25) is 4.79 Å². The van der Waals surface area contributed by atoms with Gasteiger partial charge in [-0.2, -0.15) is 11.8 Å². The van der Waals surface area contributed by atoms with Crippen molar-refractivity contribution in [2.45, 2.75) is 58.1 Å². The number of thioether (sulfide) groups is 1. The molecule has 1 rings (SSSR count). The number of amides is 2. The van der Waals surface area contributed by atoms with Crippen LogP contribution in [0.25, 0.3) is 0 Å². The van der Waals surface area contributed by atoms with E-state index in [2.05, 4.69) is 15.6 Å². The molecule has 6 nitrogen and oxygen atoms in total. The number of nitrogens with zero attached hydrogens (tertiary/aromatic N) is 1. The van der Waals surface area contributed by atoms with Gasteiger partial charge in [-0.1, -0.05) is 0 Å². The summed E-state index contributed by atoms with van der Waals surface area (Å²) < 4.78 is 5.24. The van der Waals surface area contributed by atoms with Gasteiger partial charge >= 0.3 is 6.09 Å². The van der Waals surface area contributed by atoms with E-state index in [9.17, 15) is 9.59 Å². The average Bonchev–Trinajstić information content (AvgIpc) is 3.02. The minimum Gasteiger partial charge on any atom is -0.444 e. The highest BCUT2D eigenvalue weighted by atomic mass is 32.2. The molecule has 0 spiro atoms. The minimum absolute atomic E-state index is 0.158. The van der Waals surface area contributed by atoms with E-state index in [1.54, 1.807) is 50.1 Å². The maximum atomic E-state index is 12.3. The molecule has 1 atom stereocenters. The zero-order valence-electron chi connectivity index (χ0n) is 15.5. The van der Waals surface area contributed by atoms with E-state index in [0.29, 0.717) is 13.0 Å². The zero-order valence-corrected chi connectivity index (χ0v) is 17.1.